The summed E-state index contributed by atoms with van der Waals surface area (Å²) >= 11 is 1.31. The minimum Gasteiger partial charge on any atom is -0.372 e. The zero-order valence-corrected chi connectivity index (χ0v) is 17.0. The van der Waals surface area contributed by atoms with Crippen LogP contribution in [-0.4, -0.2) is 44.3 Å². The summed E-state index contributed by atoms with van der Waals surface area (Å²) in [6, 6.07) is 10.0. The number of benzene rings is 1. The van der Waals surface area contributed by atoms with Gasteiger partial charge in [-0.05, 0) is 63.4 Å². The lowest BCUT2D eigenvalue weighted by atomic mass is 10.1. The van der Waals surface area contributed by atoms with Crippen LogP contribution in [0.5, 0.6) is 0 Å². The van der Waals surface area contributed by atoms with Crippen molar-refractivity contribution >= 4 is 34.8 Å². The van der Waals surface area contributed by atoms with E-state index in [9.17, 15) is 4.79 Å². The number of hydrogen-bond acceptors (Lipinski definition) is 6. The molecule has 0 spiro atoms. The number of aromatic nitrogens is 4. The van der Waals surface area contributed by atoms with E-state index in [0.29, 0.717) is 10.9 Å². The second-order valence-electron chi connectivity index (χ2n) is 7.08. The van der Waals surface area contributed by atoms with Crippen LogP contribution in [0.4, 0.5) is 11.4 Å². The largest absolute Gasteiger partial charge is 0.372 e. The van der Waals surface area contributed by atoms with Gasteiger partial charge in [0, 0.05) is 35.9 Å². The van der Waals surface area contributed by atoms with E-state index in [2.05, 4.69) is 37.4 Å². The molecule has 1 fully saturated rings. The van der Waals surface area contributed by atoms with Crippen LogP contribution in [0.3, 0.4) is 0 Å². The summed E-state index contributed by atoms with van der Waals surface area (Å²) in [4.78, 5) is 23.5. The number of nitrogens with one attached hydrogen (secondary N) is 1. The molecule has 7 nitrogen and oxygen atoms in total. The number of carbonyl (C=O) groups is 1. The van der Waals surface area contributed by atoms with E-state index in [0.717, 1.165) is 30.2 Å². The summed E-state index contributed by atoms with van der Waals surface area (Å²) in [6.07, 6.45) is 3.82. The van der Waals surface area contributed by atoms with Crippen molar-refractivity contribution in [3.8, 4) is 0 Å². The number of fused-ring (bicyclic) bond motifs is 1. The van der Waals surface area contributed by atoms with Crippen LogP contribution in [-0.2, 0) is 4.79 Å². The third-order valence-electron chi connectivity index (χ3n) is 4.80. The van der Waals surface area contributed by atoms with Crippen molar-refractivity contribution in [2.45, 2.75) is 38.3 Å². The molecule has 1 aliphatic rings. The van der Waals surface area contributed by atoms with E-state index in [-0.39, 0.29) is 11.7 Å². The van der Waals surface area contributed by atoms with Gasteiger partial charge in [0.05, 0.1) is 5.75 Å². The maximum absolute atomic E-state index is 12.3. The number of carbonyl (C=O) groups excluding carboxylic acids is 1. The third-order valence-corrected chi connectivity index (χ3v) is 5.64. The molecule has 3 heterocycles. The van der Waals surface area contributed by atoms with Gasteiger partial charge in [0.25, 0.3) is 5.78 Å². The summed E-state index contributed by atoms with van der Waals surface area (Å²) in [5.41, 5.74) is 3.90. The van der Waals surface area contributed by atoms with Gasteiger partial charge in [-0.3, -0.25) is 4.79 Å². The van der Waals surface area contributed by atoms with E-state index in [1.54, 1.807) is 4.52 Å². The van der Waals surface area contributed by atoms with Gasteiger partial charge in [0.15, 0.2) is 0 Å². The highest BCUT2D eigenvalue weighted by Gasteiger charge is 2.12. The van der Waals surface area contributed by atoms with Crippen molar-refractivity contribution in [2.75, 3.05) is 29.1 Å². The van der Waals surface area contributed by atoms with Gasteiger partial charge >= 0.3 is 0 Å². The molecule has 4 rings (SSSR count). The second kappa shape index (κ2) is 8.18. The van der Waals surface area contributed by atoms with E-state index >= 15 is 0 Å². The summed E-state index contributed by atoms with van der Waals surface area (Å²) in [5, 5.41) is 7.91. The molecule has 0 unspecified atom stereocenters. The Balaban J connectivity index is 1.33. The first-order chi connectivity index (χ1) is 13.6. The van der Waals surface area contributed by atoms with Crippen LogP contribution in [0.1, 0.15) is 30.7 Å². The standard InChI is InChI=1S/C20H24N6OS/c1-14-12-15(2)26-19(21-14)23-20(24-26)28-13-18(27)22-16-6-8-17(9-7-16)25-10-4-3-5-11-25/h6-9,12H,3-5,10-11,13H2,1-2H3,(H,22,27). The van der Waals surface area contributed by atoms with E-state index in [1.807, 2.05) is 32.0 Å². The van der Waals surface area contributed by atoms with E-state index < -0.39 is 0 Å². The van der Waals surface area contributed by atoms with Crippen molar-refractivity contribution in [3.05, 3.63) is 41.7 Å². The lowest BCUT2D eigenvalue weighted by Crippen LogP contribution is -2.29. The lowest BCUT2D eigenvalue weighted by Gasteiger charge is -2.28. The predicted octanol–water partition coefficient (Wildman–Crippen LogP) is 3.46. The Morgan fingerprint density at radius 1 is 1.11 bits per heavy atom. The normalized spacial score (nSPS) is 14.4. The Labute approximate surface area is 168 Å². The van der Waals surface area contributed by atoms with Crippen LogP contribution >= 0.6 is 11.8 Å². The number of piperidine rings is 1. The lowest BCUT2D eigenvalue weighted by molar-refractivity contribution is -0.113. The monoisotopic (exact) mass is 396 g/mol. The van der Waals surface area contributed by atoms with E-state index in [1.165, 1.54) is 36.7 Å². The van der Waals surface area contributed by atoms with Gasteiger partial charge in [-0.2, -0.15) is 4.98 Å². The number of amides is 1. The molecule has 0 radical (unpaired) electrons. The summed E-state index contributed by atoms with van der Waals surface area (Å²) in [7, 11) is 0. The average Bonchev–Trinajstić information content (AvgIpc) is 3.11. The van der Waals surface area contributed by atoms with Crippen LogP contribution in [0.25, 0.3) is 5.78 Å². The molecule has 2 aromatic heterocycles. The third kappa shape index (κ3) is 4.27. The van der Waals surface area contributed by atoms with Crippen molar-refractivity contribution in [3.63, 3.8) is 0 Å². The Bertz CT molecular complexity index is 978. The average molecular weight is 397 g/mol. The number of thioether (sulfide) groups is 1. The van der Waals surface area contributed by atoms with Crippen LogP contribution < -0.4 is 10.2 Å². The molecule has 1 saturated heterocycles. The summed E-state index contributed by atoms with van der Waals surface area (Å²) in [6.45, 7) is 6.12. The quantitative estimate of drug-likeness (QED) is 0.666. The number of anilines is 2. The molecule has 1 aromatic carbocycles. The molecule has 0 bridgehead atoms. The molecular formula is C20H24N6OS. The topological polar surface area (TPSA) is 75.4 Å². The van der Waals surface area contributed by atoms with E-state index in [4.69, 9.17) is 0 Å². The Morgan fingerprint density at radius 2 is 1.86 bits per heavy atom. The van der Waals surface area contributed by atoms with Crippen molar-refractivity contribution < 1.29 is 4.79 Å². The Kier molecular flexibility index (Phi) is 5.47. The zero-order chi connectivity index (χ0) is 19.5. The van der Waals surface area contributed by atoms with Gasteiger partial charge in [-0.25, -0.2) is 9.50 Å². The molecule has 8 heteroatoms. The molecule has 146 valence electrons. The fraction of sp³-hybridized carbons (Fsp3) is 0.400. The van der Waals surface area contributed by atoms with Gasteiger partial charge in [0.2, 0.25) is 11.1 Å². The smallest absolute Gasteiger partial charge is 0.253 e. The first kappa shape index (κ1) is 18.7. The molecule has 28 heavy (non-hydrogen) atoms. The fourth-order valence-electron chi connectivity index (χ4n) is 3.44. The van der Waals surface area contributed by atoms with Crippen molar-refractivity contribution in [1.82, 2.24) is 19.6 Å². The van der Waals surface area contributed by atoms with Crippen LogP contribution in [0.15, 0.2) is 35.5 Å². The Hall–Kier alpha value is -2.61. The number of aryl methyl sites for hydroxylation is 2. The molecule has 0 saturated carbocycles. The van der Waals surface area contributed by atoms with Crippen LogP contribution in [0.2, 0.25) is 0 Å². The number of rotatable bonds is 5. The number of hydrogen-bond donors (Lipinski definition) is 1. The molecule has 1 amide bonds. The summed E-state index contributed by atoms with van der Waals surface area (Å²) in [5.74, 6) is 0.743. The predicted molar refractivity (Wildman–Crippen MR) is 112 cm³/mol. The van der Waals surface area contributed by atoms with Crippen molar-refractivity contribution in [1.29, 1.82) is 0 Å². The maximum Gasteiger partial charge on any atom is 0.253 e. The fourth-order valence-corrected chi connectivity index (χ4v) is 4.06. The molecule has 1 N–H and O–H groups in total. The SMILES string of the molecule is Cc1cc(C)n2nc(SCC(=O)Nc3ccc(N4CCCCC4)cc3)nc2n1. The summed E-state index contributed by atoms with van der Waals surface area (Å²) < 4.78 is 1.70. The minimum absolute atomic E-state index is 0.0737. The van der Waals surface area contributed by atoms with Gasteiger partial charge in [0.1, 0.15) is 0 Å². The number of nitrogens with zero attached hydrogens (tertiary/aromatic N) is 5. The Morgan fingerprint density at radius 3 is 2.61 bits per heavy atom. The molecule has 0 aliphatic carbocycles. The first-order valence-electron chi connectivity index (χ1n) is 9.57. The second-order valence-corrected chi connectivity index (χ2v) is 8.02. The molecular weight excluding hydrogens is 372 g/mol. The molecule has 0 atom stereocenters. The maximum atomic E-state index is 12.3. The zero-order valence-electron chi connectivity index (χ0n) is 16.2. The van der Waals surface area contributed by atoms with Gasteiger partial charge in [-0.1, -0.05) is 11.8 Å². The van der Waals surface area contributed by atoms with Crippen molar-refractivity contribution in [2.24, 2.45) is 0 Å². The highest BCUT2D eigenvalue weighted by Crippen LogP contribution is 2.22. The van der Waals surface area contributed by atoms with Gasteiger partial charge < -0.3 is 10.2 Å². The molecule has 3 aromatic rings. The first-order valence-corrected chi connectivity index (χ1v) is 10.6. The molecule has 1 aliphatic heterocycles. The highest BCUT2D eigenvalue weighted by molar-refractivity contribution is 7.99. The highest BCUT2D eigenvalue weighted by atomic mass is 32.2. The minimum atomic E-state index is -0.0737. The van der Waals surface area contributed by atoms with Gasteiger partial charge in [-0.15, -0.1) is 5.10 Å². The van der Waals surface area contributed by atoms with Crippen LogP contribution in [0, 0.1) is 13.8 Å².